The van der Waals surface area contributed by atoms with Crippen molar-refractivity contribution < 1.29 is 5.11 Å². The topological polar surface area (TPSA) is 20.2 Å². The van der Waals surface area contributed by atoms with Crippen molar-refractivity contribution in [3.63, 3.8) is 0 Å². The Morgan fingerprint density at radius 1 is 1.05 bits per heavy atom. The smallest absolute Gasteiger partial charge is 0.118 e. The van der Waals surface area contributed by atoms with Gasteiger partial charge in [0.1, 0.15) is 5.75 Å². The number of hydrogen-bond donors (Lipinski definition) is 1. The molecule has 1 heteroatoms. The van der Waals surface area contributed by atoms with Crippen LogP contribution in [0.15, 0.2) is 24.3 Å². The summed E-state index contributed by atoms with van der Waals surface area (Å²) in [5, 5.41) is 9.97. The largest absolute Gasteiger partial charge is 0.508 e. The van der Waals surface area contributed by atoms with Gasteiger partial charge in [-0.15, -0.1) is 0 Å². The molecule has 0 aliphatic carbocycles. The minimum atomic E-state index is 0.283. The lowest BCUT2D eigenvalue weighted by Crippen LogP contribution is -2.25. The van der Waals surface area contributed by atoms with E-state index in [4.69, 9.17) is 0 Å². The maximum atomic E-state index is 9.97. The molecule has 0 fully saturated rings. The van der Waals surface area contributed by atoms with E-state index >= 15 is 0 Å². The number of rotatable bonds is 6. The van der Waals surface area contributed by atoms with Crippen molar-refractivity contribution in [2.45, 2.75) is 60.3 Å². The van der Waals surface area contributed by atoms with Crippen LogP contribution < -0.4 is 0 Å². The molecule has 1 atom stereocenters. The molecule has 108 valence electrons. The zero-order valence-corrected chi connectivity index (χ0v) is 13.2. The average Bonchev–Trinajstić information content (AvgIpc) is 2.35. The van der Waals surface area contributed by atoms with E-state index in [1.165, 1.54) is 19.3 Å². The van der Waals surface area contributed by atoms with Crippen LogP contribution in [0.25, 0.3) is 0 Å². The van der Waals surface area contributed by atoms with Gasteiger partial charge >= 0.3 is 0 Å². The predicted molar refractivity (Wildman–Crippen MR) is 83.4 cm³/mol. The van der Waals surface area contributed by atoms with Crippen LogP contribution in [0, 0.1) is 17.3 Å². The molecule has 0 bridgehead atoms. The molecule has 0 aromatic heterocycles. The highest BCUT2D eigenvalue weighted by Crippen LogP contribution is 2.37. The van der Waals surface area contributed by atoms with Gasteiger partial charge in [-0.25, -0.2) is 0 Å². The Bertz CT molecular complexity index is 372. The summed E-state index contributed by atoms with van der Waals surface area (Å²) in [6.45, 7) is 11.5. The Morgan fingerprint density at radius 3 is 2.11 bits per heavy atom. The summed E-state index contributed by atoms with van der Waals surface area (Å²) in [5.41, 5.74) is 1.37. The molecule has 0 radical (unpaired) electrons. The van der Waals surface area contributed by atoms with Crippen molar-refractivity contribution in [2.75, 3.05) is 0 Å². The zero-order chi connectivity index (χ0) is 14.5. The fourth-order valence-corrected chi connectivity index (χ4v) is 2.72. The molecule has 1 aromatic rings. The summed E-state index contributed by atoms with van der Waals surface area (Å²) in [6, 6.07) is 7.77. The molecular formula is C18H30O. The molecule has 19 heavy (non-hydrogen) atoms. The van der Waals surface area contributed by atoms with Crippen LogP contribution in [0.3, 0.4) is 0 Å². The Morgan fingerprint density at radius 2 is 1.63 bits per heavy atom. The van der Waals surface area contributed by atoms with Gasteiger partial charge < -0.3 is 5.11 Å². The number of hydrogen-bond acceptors (Lipinski definition) is 1. The first-order valence-corrected chi connectivity index (χ1v) is 7.65. The molecule has 1 aromatic carbocycles. The van der Waals surface area contributed by atoms with Crippen LogP contribution in [-0.4, -0.2) is 5.11 Å². The van der Waals surface area contributed by atoms with Crippen molar-refractivity contribution in [3.8, 4) is 5.75 Å². The number of benzene rings is 1. The Labute approximate surface area is 119 Å². The van der Waals surface area contributed by atoms with Gasteiger partial charge in [0, 0.05) is 0 Å². The van der Waals surface area contributed by atoms with E-state index in [0.717, 1.165) is 17.9 Å². The highest BCUT2D eigenvalue weighted by molar-refractivity contribution is 5.32. The molecule has 0 spiro atoms. The zero-order valence-electron chi connectivity index (χ0n) is 13.2. The van der Waals surface area contributed by atoms with Gasteiger partial charge in [-0.05, 0) is 41.7 Å². The second-order valence-electron chi connectivity index (χ2n) is 6.81. The Hall–Kier alpha value is -0.980. The molecule has 0 heterocycles. The Balaban J connectivity index is 2.84. The number of aromatic hydroxyl groups is 1. The van der Waals surface area contributed by atoms with E-state index in [-0.39, 0.29) is 5.41 Å². The van der Waals surface area contributed by atoms with E-state index < -0.39 is 0 Å². The first-order chi connectivity index (χ1) is 8.88. The number of para-hydroxylation sites is 1. The molecule has 0 aliphatic rings. The monoisotopic (exact) mass is 262 g/mol. The van der Waals surface area contributed by atoms with Gasteiger partial charge in [0.2, 0.25) is 0 Å². The SMILES string of the molecule is CCC(CC)CC(Cc1ccccc1O)C(C)(C)C. The van der Waals surface area contributed by atoms with Gasteiger partial charge in [-0.3, -0.25) is 0 Å². The highest BCUT2D eigenvalue weighted by atomic mass is 16.3. The van der Waals surface area contributed by atoms with Gasteiger partial charge in [-0.2, -0.15) is 0 Å². The predicted octanol–water partition coefficient (Wildman–Crippen LogP) is 5.42. The molecular weight excluding hydrogens is 232 g/mol. The third-order valence-electron chi connectivity index (χ3n) is 4.46. The van der Waals surface area contributed by atoms with Gasteiger partial charge in [0.25, 0.3) is 0 Å². The van der Waals surface area contributed by atoms with Gasteiger partial charge in [-0.1, -0.05) is 65.7 Å². The van der Waals surface area contributed by atoms with Crippen LogP contribution >= 0.6 is 0 Å². The maximum absolute atomic E-state index is 9.97. The first kappa shape index (κ1) is 16.1. The lowest BCUT2D eigenvalue weighted by molar-refractivity contribution is 0.188. The van der Waals surface area contributed by atoms with Crippen LogP contribution in [0.5, 0.6) is 5.75 Å². The van der Waals surface area contributed by atoms with Gasteiger partial charge in [0.05, 0.1) is 0 Å². The van der Waals surface area contributed by atoms with Crippen LogP contribution in [0.2, 0.25) is 0 Å². The lowest BCUT2D eigenvalue weighted by Gasteiger charge is -2.33. The maximum Gasteiger partial charge on any atom is 0.118 e. The van der Waals surface area contributed by atoms with Crippen LogP contribution in [0.4, 0.5) is 0 Å². The van der Waals surface area contributed by atoms with Crippen molar-refractivity contribution in [1.82, 2.24) is 0 Å². The molecule has 0 amide bonds. The molecule has 1 rings (SSSR count). The van der Waals surface area contributed by atoms with Crippen molar-refractivity contribution in [2.24, 2.45) is 17.3 Å². The molecule has 1 nitrogen and oxygen atoms in total. The minimum Gasteiger partial charge on any atom is -0.508 e. The Kier molecular flexibility index (Phi) is 5.90. The van der Waals surface area contributed by atoms with Gasteiger partial charge in [0.15, 0.2) is 0 Å². The normalized spacial score (nSPS) is 13.8. The van der Waals surface area contributed by atoms with Crippen LogP contribution in [0.1, 0.15) is 59.4 Å². The van der Waals surface area contributed by atoms with Crippen LogP contribution in [-0.2, 0) is 6.42 Å². The second-order valence-corrected chi connectivity index (χ2v) is 6.81. The van der Waals surface area contributed by atoms with E-state index in [2.05, 4.69) is 40.7 Å². The standard InChI is InChI=1S/C18H30O/c1-6-14(7-2)12-16(18(3,4)5)13-15-10-8-9-11-17(15)19/h8-11,14,16,19H,6-7,12-13H2,1-5H3. The van der Waals surface area contributed by atoms with Crippen molar-refractivity contribution in [1.29, 1.82) is 0 Å². The second kappa shape index (κ2) is 6.98. The van der Waals surface area contributed by atoms with Crippen molar-refractivity contribution in [3.05, 3.63) is 29.8 Å². The molecule has 0 saturated carbocycles. The third-order valence-corrected chi connectivity index (χ3v) is 4.46. The van der Waals surface area contributed by atoms with Crippen molar-refractivity contribution >= 4 is 0 Å². The lowest BCUT2D eigenvalue weighted by atomic mass is 9.72. The fraction of sp³-hybridized carbons (Fsp3) is 0.667. The third kappa shape index (κ3) is 4.89. The molecule has 0 aliphatic heterocycles. The summed E-state index contributed by atoms with van der Waals surface area (Å²) >= 11 is 0. The average molecular weight is 262 g/mol. The molecule has 1 unspecified atom stereocenters. The minimum absolute atomic E-state index is 0.283. The molecule has 1 N–H and O–H groups in total. The number of phenolic OH excluding ortho intramolecular Hbond substituents is 1. The highest BCUT2D eigenvalue weighted by Gasteiger charge is 2.27. The fourth-order valence-electron chi connectivity index (χ4n) is 2.72. The number of phenols is 1. The summed E-state index contributed by atoms with van der Waals surface area (Å²) < 4.78 is 0. The van der Waals surface area contributed by atoms with E-state index in [9.17, 15) is 5.11 Å². The quantitative estimate of drug-likeness (QED) is 0.725. The summed E-state index contributed by atoms with van der Waals surface area (Å²) in [4.78, 5) is 0. The summed E-state index contributed by atoms with van der Waals surface area (Å²) in [5.74, 6) is 1.86. The molecule has 0 saturated heterocycles. The van der Waals surface area contributed by atoms with E-state index in [0.29, 0.717) is 11.7 Å². The summed E-state index contributed by atoms with van der Waals surface area (Å²) in [7, 11) is 0. The summed E-state index contributed by atoms with van der Waals surface area (Å²) in [6.07, 6.45) is 4.74. The van der Waals surface area contributed by atoms with E-state index in [1.807, 2.05) is 12.1 Å². The van der Waals surface area contributed by atoms with E-state index in [1.54, 1.807) is 6.07 Å². The first-order valence-electron chi connectivity index (χ1n) is 7.65.